The Balaban J connectivity index is 2.13. The van der Waals surface area contributed by atoms with Crippen molar-refractivity contribution in [3.05, 3.63) is 23.8 Å². The number of hydrogen-bond donors (Lipinski definition) is 1. The Morgan fingerprint density at radius 2 is 2.12 bits per heavy atom. The molecule has 0 saturated carbocycles. The quantitative estimate of drug-likeness (QED) is 0.795. The van der Waals surface area contributed by atoms with Crippen LogP contribution in [0.4, 0.5) is 0 Å². The van der Waals surface area contributed by atoms with Crippen molar-refractivity contribution in [1.29, 1.82) is 0 Å². The summed E-state index contributed by atoms with van der Waals surface area (Å²) in [5.74, 6) is 1.06. The summed E-state index contributed by atoms with van der Waals surface area (Å²) in [4.78, 5) is 11.1. The third kappa shape index (κ3) is 2.68. The second kappa shape index (κ2) is 5.05. The zero-order valence-corrected chi connectivity index (χ0v) is 9.64. The molecule has 1 heterocycles. The lowest BCUT2D eigenvalue weighted by atomic mass is 10.0. The Morgan fingerprint density at radius 3 is 2.82 bits per heavy atom. The van der Waals surface area contributed by atoms with E-state index >= 15 is 0 Å². The Kier molecular flexibility index (Phi) is 3.49. The molecule has 0 fully saturated rings. The highest BCUT2D eigenvalue weighted by molar-refractivity contribution is 5.70. The average Bonchev–Trinajstić information content (AvgIpc) is 2.38. The number of carbonyl (C=O) groups is 1. The predicted molar refractivity (Wildman–Crippen MR) is 61.0 cm³/mol. The topological polar surface area (TPSA) is 70.8 Å². The molecule has 5 heteroatoms. The second-order valence-corrected chi connectivity index (χ2v) is 3.79. The van der Waals surface area contributed by atoms with Gasteiger partial charge in [-0.2, -0.15) is 0 Å². The maximum atomic E-state index is 11.1. The highest BCUT2D eigenvalue weighted by atomic mass is 16.6. The maximum absolute atomic E-state index is 11.1. The van der Waals surface area contributed by atoms with Gasteiger partial charge in [0.05, 0.1) is 13.5 Å². The third-order valence-electron chi connectivity index (χ3n) is 2.61. The van der Waals surface area contributed by atoms with Crippen molar-refractivity contribution in [3.8, 4) is 11.5 Å². The molecule has 0 bridgehead atoms. The van der Waals surface area contributed by atoms with E-state index in [1.165, 1.54) is 7.11 Å². The van der Waals surface area contributed by atoms with E-state index < -0.39 is 6.04 Å². The molecule has 1 aliphatic rings. The van der Waals surface area contributed by atoms with E-state index in [-0.39, 0.29) is 12.4 Å². The molecule has 1 atom stereocenters. The van der Waals surface area contributed by atoms with Crippen LogP contribution < -0.4 is 15.2 Å². The lowest BCUT2D eigenvalue weighted by Gasteiger charge is -2.20. The van der Waals surface area contributed by atoms with Gasteiger partial charge < -0.3 is 19.9 Å². The molecule has 2 rings (SSSR count). The number of methoxy groups -OCH3 is 1. The van der Waals surface area contributed by atoms with Crippen LogP contribution in [0, 0.1) is 0 Å². The van der Waals surface area contributed by atoms with Crippen LogP contribution in [0.25, 0.3) is 0 Å². The van der Waals surface area contributed by atoms with Crippen molar-refractivity contribution in [2.24, 2.45) is 5.73 Å². The van der Waals surface area contributed by atoms with E-state index in [9.17, 15) is 4.79 Å². The summed E-state index contributed by atoms with van der Waals surface area (Å²) in [6, 6.07) is 5.06. The number of benzene rings is 1. The summed E-state index contributed by atoms with van der Waals surface area (Å²) in [6.07, 6.45) is 0.149. The number of hydrogen-bond acceptors (Lipinski definition) is 5. The van der Waals surface area contributed by atoms with Gasteiger partial charge in [0.25, 0.3) is 0 Å². The van der Waals surface area contributed by atoms with Gasteiger partial charge in [-0.3, -0.25) is 4.79 Å². The van der Waals surface area contributed by atoms with Gasteiger partial charge in [-0.05, 0) is 17.7 Å². The first-order chi connectivity index (χ1) is 8.20. The lowest BCUT2D eigenvalue weighted by Crippen LogP contribution is -2.18. The van der Waals surface area contributed by atoms with Gasteiger partial charge in [0, 0.05) is 6.04 Å². The molecular weight excluding hydrogens is 222 g/mol. The first-order valence-electron chi connectivity index (χ1n) is 5.42. The van der Waals surface area contributed by atoms with E-state index in [1.807, 2.05) is 12.1 Å². The molecule has 0 spiro atoms. The smallest absolute Gasteiger partial charge is 0.307 e. The number of fused-ring (bicyclic) bond motifs is 1. The standard InChI is InChI=1S/C12H15NO4/c1-15-12(14)7-9(13)8-2-3-10-11(6-8)17-5-4-16-10/h2-3,6,9H,4-5,7,13H2,1H3/t9-/m1/s1. The summed E-state index contributed by atoms with van der Waals surface area (Å²) in [7, 11) is 1.35. The highest BCUT2D eigenvalue weighted by Crippen LogP contribution is 2.32. The van der Waals surface area contributed by atoms with Crippen LogP contribution in [0.3, 0.4) is 0 Å². The molecule has 1 aromatic rings. The van der Waals surface area contributed by atoms with Crippen LogP contribution in [0.1, 0.15) is 18.0 Å². The lowest BCUT2D eigenvalue weighted by molar-refractivity contribution is -0.141. The van der Waals surface area contributed by atoms with E-state index in [1.54, 1.807) is 6.07 Å². The molecule has 0 amide bonds. The van der Waals surface area contributed by atoms with E-state index in [0.29, 0.717) is 24.7 Å². The fourth-order valence-corrected chi connectivity index (χ4v) is 1.67. The summed E-state index contributed by atoms with van der Waals surface area (Å²) in [5, 5.41) is 0. The van der Waals surface area contributed by atoms with Gasteiger partial charge in [-0.15, -0.1) is 0 Å². The summed E-state index contributed by atoms with van der Waals surface area (Å²) >= 11 is 0. The van der Waals surface area contributed by atoms with E-state index in [2.05, 4.69) is 4.74 Å². The van der Waals surface area contributed by atoms with Gasteiger partial charge in [-0.25, -0.2) is 0 Å². The number of ether oxygens (including phenoxy) is 3. The van der Waals surface area contributed by atoms with Crippen LogP contribution in [-0.4, -0.2) is 26.3 Å². The molecule has 1 aliphatic heterocycles. The molecule has 17 heavy (non-hydrogen) atoms. The maximum Gasteiger partial charge on any atom is 0.307 e. The van der Waals surface area contributed by atoms with Crippen LogP contribution in [0.15, 0.2) is 18.2 Å². The molecule has 0 aromatic heterocycles. The first kappa shape index (κ1) is 11.7. The van der Waals surface area contributed by atoms with Crippen molar-refractivity contribution in [2.45, 2.75) is 12.5 Å². The monoisotopic (exact) mass is 237 g/mol. The normalized spacial score (nSPS) is 15.2. The Hall–Kier alpha value is -1.75. The van der Waals surface area contributed by atoms with Crippen molar-refractivity contribution in [2.75, 3.05) is 20.3 Å². The largest absolute Gasteiger partial charge is 0.486 e. The Labute approximate surface area is 99.5 Å². The molecule has 0 unspecified atom stereocenters. The molecule has 1 aromatic carbocycles. The predicted octanol–water partition coefficient (Wildman–Crippen LogP) is 1.02. The zero-order valence-electron chi connectivity index (χ0n) is 9.64. The number of rotatable bonds is 3. The molecule has 0 aliphatic carbocycles. The molecule has 0 saturated heterocycles. The van der Waals surface area contributed by atoms with Crippen molar-refractivity contribution in [3.63, 3.8) is 0 Å². The minimum absolute atomic E-state index is 0.149. The summed E-state index contributed by atoms with van der Waals surface area (Å²) < 4.78 is 15.4. The summed E-state index contributed by atoms with van der Waals surface area (Å²) in [5.41, 5.74) is 6.74. The SMILES string of the molecule is COC(=O)C[C@@H](N)c1ccc2c(c1)OCCO2. The molecule has 92 valence electrons. The fraction of sp³-hybridized carbons (Fsp3) is 0.417. The van der Waals surface area contributed by atoms with Crippen molar-refractivity contribution >= 4 is 5.97 Å². The van der Waals surface area contributed by atoms with Gasteiger partial charge in [-0.1, -0.05) is 6.07 Å². The second-order valence-electron chi connectivity index (χ2n) is 3.79. The molecular formula is C12H15NO4. The third-order valence-corrected chi connectivity index (χ3v) is 2.61. The van der Waals surface area contributed by atoms with Gasteiger partial charge in [0.1, 0.15) is 13.2 Å². The Bertz CT molecular complexity index is 419. The minimum Gasteiger partial charge on any atom is -0.486 e. The van der Waals surface area contributed by atoms with Crippen molar-refractivity contribution < 1.29 is 19.0 Å². The summed E-state index contributed by atoms with van der Waals surface area (Å²) in [6.45, 7) is 1.09. The molecule has 2 N–H and O–H groups in total. The van der Waals surface area contributed by atoms with Crippen molar-refractivity contribution in [1.82, 2.24) is 0 Å². The number of esters is 1. The van der Waals surface area contributed by atoms with Crippen LogP contribution in [0.2, 0.25) is 0 Å². The fourth-order valence-electron chi connectivity index (χ4n) is 1.67. The number of carbonyl (C=O) groups excluding carboxylic acids is 1. The first-order valence-corrected chi connectivity index (χ1v) is 5.42. The van der Waals surface area contributed by atoms with E-state index in [4.69, 9.17) is 15.2 Å². The van der Waals surface area contributed by atoms with Crippen LogP contribution in [-0.2, 0) is 9.53 Å². The zero-order chi connectivity index (χ0) is 12.3. The number of nitrogens with two attached hydrogens (primary N) is 1. The van der Waals surface area contributed by atoms with Crippen LogP contribution >= 0.6 is 0 Å². The van der Waals surface area contributed by atoms with E-state index in [0.717, 1.165) is 5.56 Å². The van der Waals surface area contributed by atoms with Gasteiger partial charge in [0.15, 0.2) is 11.5 Å². The Morgan fingerprint density at radius 1 is 1.41 bits per heavy atom. The average molecular weight is 237 g/mol. The molecule has 5 nitrogen and oxygen atoms in total. The highest BCUT2D eigenvalue weighted by Gasteiger charge is 2.16. The van der Waals surface area contributed by atoms with Crippen LogP contribution in [0.5, 0.6) is 11.5 Å². The molecule has 0 radical (unpaired) electrons. The van der Waals surface area contributed by atoms with Gasteiger partial charge in [0.2, 0.25) is 0 Å². The minimum atomic E-state index is -0.390. The van der Waals surface area contributed by atoms with Gasteiger partial charge >= 0.3 is 5.97 Å².